The molecule has 0 aliphatic heterocycles. The van der Waals surface area contributed by atoms with Gasteiger partial charge in [0.1, 0.15) is 5.54 Å². The molecule has 0 spiro atoms. The van der Waals surface area contributed by atoms with Gasteiger partial charge in [-0.15, -0.1) is 12.4 Å². The Morgan fingerprint density at radius 3 is 2.39 bits per heavy atom. The molecule has 0 amide bonds. The number of carboxylic acid groups (broad SMARTS) is 1. The Bertz CT molecular complexity index is 356. The Hall–Kier alpha value is -1.06. The highest BCUT2D eigenvalue weighted by Gasteiger charge is 2.32. The molecule has 0 saturated carbocycles. The Labute approximate surface area is 115 Å². The predicted molar refractivity (Wildman–Crippen MR) is 76.1 cm³/mol. The molecule has 1 atom stereocenters. The van der Waals surface area contributed by atoms with Crippen LogP contribution in [0.5, 0.6) is 0 Å². The van der Waals surface area contributed by atoms with Crippen molar-refractivity contribution in [1.82, 2.24) is 0 Å². The molecule has 18 heavy (non-hydrogen) atoms. The number of unbranched alkanes of at least 4 members (excludes halogenated alkanes) is 1. The van der Waals surface area contributed by atoms with Crippen LogP contribution in [0.2, 0.25) is 0 Å². The minimum absolute atomic E-state index is 0. The number of rotatable bonds is 7. The summed E-state index contributed by atoms with van der Waals surface area (Å²) in [5, 5.41) is 9.21. The summed E-state index contributed by atoms with van der Waals surface area (Å²) in [6.07, 6.45) is 3.58. The Balaban J connectivity index is 0.00000289. The number of benzene rings is 1. The number of hydrogen-bond donors (Lipinski definition) is 2. The maximum atomic E-state index is 11.2. The minimum atomic E-state index is -1.08. The molecule has 102 valence electrons. The van der Waals surface area contributed by atoms with Gasteiger partial charge in [0.05, 0.1) is 0 Å². The summed E-state index contributed by atoms with van der Waals surface area (Å²) < 4.78 is 0. The van der Waals surface area contributed by atoms with Gasteiger partial charge in [0, 0.05) is 0 Å². The first-order valence-electron chi connectivity index (χ1n) is 6.14. The van der Waals surface area contributed by atoms with Gasteiger partial charge in [0.25, 0.3) is 0 Å². The zero-order valence-corrected chi connectivity index (χ0v) is 11.6. The van der Waals surface area contributed by atoms with E-state index in [4.69, 9.17) is 5.73 Å². The number of carbonyl (C=O) groups is 1. The molecule has 3 N–H and O–H groups in total. The fourth-order valence-electron chi connectivity index (χ4n) is 1.84. The number of carboxylic acids is 1. The molecule has 0 unspecified atom stereocenters. The number of hydrogen-bond acceptors (Lipinski definition) is 2. The zero-order chi connectivity index (χ0) is 12.7. The lowest BCUT2D eigenvalue weighted by Crippen LogP contribution is -2.48. The van der Waals surface area contributed by atoms with E-state index in [1.165, 1.54) is 0 Å². The highest BCUT2D eigenvalue weighted by molar-refractivity contribution is 5.85. The molecule has 0 aliphatic rings. The van der Waals surface area contributed by atoms with E-state index < -0.39 is 11.5 Å². The van der Waals surface area contributed by atoms with E-state index in [0.29, 0.717) is 19.3 Å². The molecule has 3 nitrogen and oxygen atoms in total. The summed E-state index contributed by atoms with van der Waals surface area (Å²) >= 11 is 0. The van der Waals surface area contributed by atoms with Gasteiger partial charge in [-0.1, -0.05) is 50.1 Å². The molecule has 0 fully saturated rings. The summed E-state index contributed by atoms with van der Waals surface area (Å²) in [6.45, 7) is 2.04. The second-order valence-electron chi connectivity index (χ2n) is 4.55. The maximum Gasteiger partial charge on any atom is 0.323 e. The van der Waals surface area contributed by atoms with E-state index in [9.17, 15) is 9.90 Å². The van der Waals surface area contributed by atoms with Crippen molar-refractivity contribution < 1.29 is 9.90 Å². The van der Waals surface area contributed by atoms with E-state index in [1.54, 1.807) is 0 Å². The molecular formula is C14H22ClNO2. The van der Waals surface area contributed by atoms with Crippen molar-refractivity contribution in [2.24, 2.45) is 5.73 Å². The third-order valence-electron chi connectivity index (χ3n) is 3.10. The number of nitrogens with two attached hydrogens (primary N) is 1. The average Bonchev–Trinajstić information content (AvgIpc) is 2.35. The van der Waals surface area contributed by atoms with E-state index >= 15 is 0 Å². The predicted octanol–water partition coefficient (Wildman–Crippen LogP) is 3.01. The van der Waals surface area contributed by atoms with Crippen LogP contribution in [-0.2, 0) is 11.2 Å². The summed E-state index contributed by atoms with van der Waals surface area (Å²) in [6, 6.07) is 9.87. The summed E-state index contributed by atoms with van der Waals surface area (Å²) in [7, 11) is 0. The minimum Gasteiger partial charge on any atom is -0.480 e. The van der Waals surface area contributed by atoms with Crippen LogP contribution in [0.15, 0.2) is 30.3 Å². The van der Waals surface area contributed by atoms with Crippen LogP contribution in [0.3, 0.4) is 0 Å². The number of aryl methyl sites for hydroxylation is 1. The lowest BCUT2D eigenvalue weighted by molar-refractivity contribution is -0.144. The van der Waals surface area contributed by atoms with Gasteiger partial charge in [-0.25, -0.2) is 0 Å². The first-order valence-corrected chi connectivity index (χ1v) is 6.14. The Morgan fingerprint density at radius 1 is 1.28 bits per heavy atom. The van der Waals surface area contributed by atoms with Crippen LogP contribution >= 0.6 is 12.4 Å². The second kappa shape index (κ2) is 8.11. The molecule has 1 aromatic carbocycles. The fraction of sp³-hybridized carbons (Fsp3) is 0.500. The maximum absolute atomic E-state index is 11.2. The summed E-state index contributed by atoms with van der Waals surface area (Å²) in [4.78, 5) is 11.2. The molecule has 0 bridgehead atoms. The van der Waals surface area contributed by atoms with E-state index in [-0.39, 0.29) is 12.4 Å². The third-order valence-corrected chi connectivity index (χ3v) is 3.10. The van der Waals surface area contributed by atoms with Gasteiger partial charge < -0.3 is 10.8 Å². The zero-order valence-electron chi connectivity index (χ0n) is 10.8. The van der Waals surface area contributed by atoms with Crippen molar-refractivity contribution in [2.75, 3.05) is 0 Å². The highest BCUT2D eigenvalue weighted by Crippen LogP contribution is 2.19. The molecule has 0 aliphatic carbocycles. The van der Waals surface area contributed by atoms with Gasteiger partial charge in [0.15, 0.2) is 0 Å². The first kappa shape index (κ1) is 16.9. The normalized spacial score (nSPS) is 13.4. The van der Waals surface area contributed by atoms with Crippen molar-refractivity contribution >= 4 is 18.4 Å². The van der Waals surface area contributed by atoms with Gasteiger partial charge in [0.2, 0.25) is 0 Å². The molecule has 0 heterocycles. The van der Waals surface area contributed by atoms with Crippen molar-refractivity contribution in [1.29, 1.82) is 0 Å². The highest BCUT2D eigenvalue weighted by atomic mass is 35.5. The van der Waals surface area contributed by atoms with Crippen molar-refractivity contribution in [3.8, 4) is 0 Å². The van der Waals surface area contributed by atoms with Gasteiger partial charge in [-0.2, -0.15) is 0 Å². The van der Waals surface area contributed by atoms with E-state index in [0.717, 1.165) is 18.4 Å². The number of halogens is 1. The van der Waals surface area contributed by atoms with Gasteiger partial charge >= 0.3 is 5.97 Å². The van der Waals surface area contributed by atoms with Gasteiger partial charge in [-0.05, 0) is 24.8 Å². The average molecular weight is 272 g/mol. The molecule has 0 aromatic heterocycles. The summed E-state index contributed by atoms with van der Waals surface area (Å²) in [5.41, 5.74) is 6.04. The Morgan fingerprint density at radius 2 is 1.89 bits per heavy atom. The van der Waals surface area contributed by atoms with Crippen molar-refractivity contribution in [3.63, 3.8) is 0 Å². The molecule has 4 heteroatoms. The summed E-state index contributed by atoms with van der Waals surface area (Å²) in [5.74, 6) is -0.887. The third kappa shape index (κ3) is 5.07. The topological polar surface area (TPSA) is 63.3 Å². The van der Waals surface area contributed by atoms with Gasteiger partial charge in [-0.3, -0.25) is 4.79 Å². The lowest BCUT2D eigenvalue weighted by atomic mass is 9.87. The van der Waals surface area contributed by atoms with E-state index in [1.807, 2.05) is 37.3 Å². The molecular weight excluding hydrogens is 250 g/mol. The SMILES string of the molecule is CCCC[C@@](N)(CCc1ccccc1)C(=O)O.Cl. The van der Waals surface area contributed by atoms with Crippen LogP contribution < -0.4 is 5.73 Å². The van der Waals surface area contributed by atoms with Crippen LogP contribution in [0.25, 0.3) is 0 Å². The molecule has 0 radical (unpaired) electrons. The smallest absolute Gasteiger partial charge is 0.323 e. The van der Waals surface area contributed by atoms with Crippen LogP contribution in [0.1, 0.15) is 38.2 Å². The lowest BCUT2D eigenvalue weighted by Gasteiger charge is -2.24. The largest absolute Gasteiger partial charge is 0.480 e. The first-order chi connectivity index (χ1) is 8.08. The Kier molecular flexibility index (Phi) is 7.64. The fourth-order valence-corrected chi connectivity index (χ4v) is 1.84. The quantitative estimate of drug-likeness (QED) is 0.801. The van der Waals surface area contributed by atoms with Crippen LogP contribution in [-0.4, -0.2) is 16.6 Å². The van der Waals surface area contributed by atoms with Crippen molar-refractivity contribution in [2.45, 2.75) is 44.6 Å². The number of aliphatic carboxylic acids is 1. The van der Waals surface area contributed by atoms with E-state index in [2.05, 4.69) is 0 Å². The monoisotopic (exact) mass is 271 g/mol. The molecule has 1 aromatic rings. The van der Waals surface area contributed by atoms with Crippen LogP contribution in [0, 0.1) is 0 Å². The molecule has 0 saturated heterocycles. The second-order valence-corrected chi connectivity index (χ2v) is 4.55. The van der Waals surface area contributed by atoms with Crippen molar-refractivity contribution in [3.05, 3.63) is 35.9 Å². The van der Waals surface area contributed by atoms with Crippen LogP contribution in [0.4, 0.5) is 0 Å². The standard InChI is InChI=1S/C14H21NO2.ClH/c1-2-3-10-14(15,13(16)17)11-9-12-7-5-4-6-8-12;/h4-8H,2-3,9-11,15H2,1H3,(H,16,17);1H/t14-;/m1./s1. The molecule has 1 rings (SSSR count).